The van der Waals surface area contributed by atoms with Crippen molar-refractivity contribution in [1.82, 2.24) is 10.6 Å². The van der Waals surface area contributed by atoms with Crippen LogP contribution >= 0.6 is 11.8 Å². The Morgan fingerprint density at radius 2 is 1.93 bits per heavy atom. The number of ether oxygens (including phenoxy) is 2. The van der Waals surface area contributed by atoms with Crippen molar-refractivity contribution in [3.8, 4) is 0 Å². The number of carbonyl (C=O) groups is 1. The van der Waals surface area contributed by atoms with Crippen LogP contribution in [0.2, 0.25) is 0 Å². The molecule has 0 radical (unpaired) electrons. The first-order valence-corrected chi connectivity index (χ1v) is 11.5. The van der Waals surface area contributed by atoms with Gasteiger partial charge in [-0.1, -0.05) is 20.3 Å². The average Bonchev–Trinajstić information content (AvgIpc) is 2.93. The van der Waals surface area contributed by atoms with Gasteiger partial charge in [0.15, 0.2) is 0 Å². The summed E-state index contributed by atoms with van der Waals surface area (Å²) in [4.78, 5) is 13.1. The second-order valence-corrected chi connectivity index (χ2v) is 9.37. The van der Waals surface area contributed by atoms with Crippen LogP contribution in [0, 0.1) is 11.8 Å². The maximum Gasteiger partial charge on any atom is 0.240 e. The van der Waals surface area contributed by atoms with Crippen molar-refractivity contribution in [1.29, 1.82) is 0 Å². The van der Waals surface area contributed by atoms with E-state index in [1.54, 1.807) is 6.26 Å². The van der Waals surface area contributed by atoms with Gasteiger partial charge in [-0.25, -0.2) is 0 Å². The van der Waals surface area contributed by atoms with Gasteiger partial charge in [0, 0.05) is 13.2 Å². The molecule has 3 aliphatic heterocycles. The largest absolute Gasteiger partial charge is 0.388 e. The Morgan fingerprint density at radius 1 is 1.18 bits per heavy atom. The van der Waals surface area contributed by atoms with Crippen LogP contribution in [0.4, 0.5) is 0 Å². The minimum atomic E-state index is -1.33. The molecule has 3 heterocycles. The van der Waals surface area contributed by atoms with Crippen molar-refractivity contribution < 1.29 is 29.6 Å². The van der Waals surface area contributed by atoms with E-state index in [1.165, 1.54) is 11.8 Å². The normalized spacial score (nSPS) is 42.7. The lowest BCUT2D eigenvalue weighted by Gasteiger charge is -2.44. The highest BCUT2D eigenvalue weighted by Crippen LogP contribution is 2.31. The molecular weight excluding hydrogens is 384 g/mol. The first-order valence-electron chi connectivity index (χ1n) is 10.2. The molecule has 28 heavy (non-hydrogen) atoms. The number of hydrogen-bond acceptors (Lipinski definition) is 8. The van der Waals surface area contributed by atoms with Crippen LogP contribution < -0.4 is 10.6 Å². The summed E-state index contributed by atoms with van der Waals surface area (Å²) in [7, 11) is 0. The van der Waals surface area contributed by atoms with E-state index in [0.29, 0.717) is 12.5 Å². The number of aliphatic hydroxyl groups is 3. The molecule has 5 N–H and O–H groups in total. The molecule has 0 aromatic heterocycles. The maximum atomic E-state index is 13.1. The lowest BCUT2D eigenvalue weighted by atomic mass is 9.88. The van der Waals surface area contributed by atoms with Gasteiger partial charge in [0.25, 0.3) is 0 Å². The van der Waals surface area contributed by atoms with Crippen molar-refractivity contribution in [3.63, 3.8) is 0 Å². The highest BCUT2D eigenvalue weighted by molar-refractivity contribution is 7.99. The number of thioether (sulfide) groups is 1. The first kappa shape index (κ1) is 22.3. The number of nitrogens with one attached hydrogen (secondary N) is 2. The van der Waals surface area contributed by atoms with Gasteiger partial charge in [0.2, 0.25) is 5.91 Å². The third-order valence-electron chi connectivity index (χ3n) is 6.18. The van der Waals surface area contributed by atoms with E-state index in [4.69, 9.17) is 9.47 Å². The standard InChI is InChI=1S/C19H34N2O6S/c1-9(2)11(17-14(23)13(22)15(24)19(27-17)28-3)21-18(25)12-16-10(8-20-12)6-4-5-7-26-16/h9-17,19-20,22-24H,4-8H2,1-3H3,(H,21,25)/t10-,11+,12-,13?,14?,15+,16+,17+,19?/m0/s1. The molecule has 3 aliphatic rings. The quantitative estimate of drug-likeness (QED) is 0.404. The zero-order valence-electron chi connectivity index (χ0n) is 16.8. The molecule has 0 bridgehead atoms. The summed E-state index contributed by atoms with van der Waals surface area (Å²) >= 11 is 1.27. The Labute approximate surface area is 170 Å². The van der Waals surface area contributed by atoms with Gasteiger partial charge in [-0.3, -0.25) is 4.79 Å². The minimum absolute atomic E-state index is 0.0409. The summed E-state index contributed by atoms with van der Waals surface area (Å²) in [6, 6.07) is -0.942. The fourth-order valence-corrected chi connectivity index (χ4v) is 5.18. The van der Waals surface area contributed by atoms with Gasteiger partial charge in [-0.05, 0) is 30.9 Å². The van der Waals surface area contributed by atoms with Crippen molar-refractivity contribution in [2.24, 2.45) is 11.8 Å². The minimum Gasteiger partial charge on any atom is -0.388 e. The number of fused-ring (bicyclic) bond motifs is 1. The van der Waals surface area contributed by atoms with Crippen LogP contribution in [0.3, 0.4) is 0 Å². The van der Waals surface area contributed by atoms with E-state index in [9.17, 15) is 20.1 Å². The SMILES string of the molecule is CSC1O[C@H]([C@H](NC(=O)[C@H]2NC[C@@H]3CCCCO[C@H]32)C(C)C)C(O)C(O)[C@H]1O. The molecule has 0 saturated carbocycles. The topological polar surface area (TPSA) is 120 Å². The number of rotatable bonds is 5. The molecule has 0 spiro atoms. The Balaban J connectivity index is 1.71. The second-order valence-electron chi connectivity index (χ2n) is 8.43. The van der Waals surface area contributed by atoms with Gasteiger partial charge < -0.3 is 35.4 Å². The van der Waals surface area contributed by atoms with Crippen LogP contribution in [0.15, 0.2) is 0 Å². The van der Waals surface area contributed by atoms with Crippen LogP contribution in [0.5, 0.6) is 0 Å². The summed E-state index contributed by atoms with van der Waals surface area (Å²) in [6.45, 7) is 5.29. The number of aliphatic hydroxyl groups excluding tert-OH is 3. The molecule has 3 saturated heterocycles. The molecule has 3 fully saturated rings. The van der Waals surface area contributed by atoms with Gasteiger partial charge in [0.1, 0.15) is 35.9 Å². The first-order chi connectivity index (χ1) is 13.3. The smallest absolute Gasteiger partial charge is 0.240 e. The average molecular weight is 419 g/mol. The van der Waals surface area contributed by atoms with Gasteiger partial charge in [-0.2, -0.15) is 0 Å². The molecule has 162 valence electrons. The fourth-order valence-electron chi connectivity index (χ4n) is 4.50. The van der Waals surface area contributed by atoms with Gasteiger partial charge in [0.05, 0.1) is 12.1 Å². The van der Waals surface area contributed by atoms with E-state index in [0.717, 1.165) is 25.8 Å². The van der Waals surface area contributed by atoms with Gasteiger partial charge >= 0.3 is 0 Å². The van der Waals surface area contributed by atoms with E-state index < -0.39 is 41.9 Å². The summed E-state index contributed by atoms with van der Waals surface area (Å²) in [5.41, 5.74) is -0.666. The fraction of sp³-hybridized carbons (Fsp3) is 0.947. The van der Waals surface area contributed by atoms with Crippen LogP contribution in [0.25, 0.3) is 0 Å². The van der Waals surface area contributed by atoms with E-state index in [2.05, 4.69) is 10.6 Å². The Bertz CT molecular complexity index is 537. The predicted molar refractivity (Wildman–Crippen MR) is 106 cm³/mol. The van der Waals surface area contributed by atoms with Crippen molar-refractivity contribution in [2.75, 3.05) is 19.4 Å². The predicted octanol–water partition coefficient (Wildman–Crippen LogP) is -0.545. The molecular formula is C19H34N2O6S. The monoisotopic (exact) mass is 418 g/mol. The molecule has 1 amide bonds. The zero-order valence-corrected chi connectivity index (χ0v) is 17.6. The van der Waals surface area contributed by atoms with Crippen LogP contribution in [-0.2, 0) is 14.3 Å². The van der Waals surface area contributed by atoms with Crippen LogP contribution in [-0.4, -0.2) is 88.7 Å². The molecule has 0 aromatic carbocycles. The zero-order chi connectivity index (χ0) is 20.4. The molecule has 8 nitrogen and oxygen atoms in total. The molecule has 3 rings (SSSR count). The molecule has 3 unspecified atom stereocenters. The third-order valence-corrected chi connectivity index (χ3v) is 7.03. The number of carbonyl (C=O) groups excluding carboxylic acids is 1. The molecule has 9 atom stereocenters. The highest BCUT2D eigenvalue weighted by atomic mass is 32.2. The van der Waals surface area contributed by atoms with Crippen LogP contribution in [0.1, 0.15) is 33.1 Å². The Hall–Kier alpha value is -0.420. The maximum absolute atomic E-state index is 13.1. The lowest BCUT2D eigenvalue weighted by Crippen LogP contribution is -2.65. The molecule has 0 aromatic rings. The third kappa shape index (κ3) is 4.50. The van der Waals surface area contributed by atoms with Crippen molar-refractivity contribution >= 4 is 17.7 Å². The van der Waals surface area contributed by atoms with E-state index in [-0.39, 0.29) is 17.9 Å². The Morgan fingerprint density at radius 3 is 2.61 bits per heavy atom. The van der Waals surface area contributed by atoms with Crippen molar-refractivity contribution in [3.05, 3.63) is 0 Å². The summed E-state index contributed by atoms with van der Waals surface area (Å²) < 4.78 is 11.8. The summed E-state index contributed by atoms with van der Waals surface area (Å²) in [6.07, 6.45) is 0.215. The summed E-state index contributed by atoms with van der Waals surface area (Å²) in [5, 5.41) is 37.1. The second kappa shape index (κ2) is 9.59. The van der Waals surface area contributed by atoms with Crippen molar-refractivity contribution in [2.45, 2.75) is 81.1 Å². The lowest BCUT2D eigenvalue weighted by molar-refractivity contribution is -0.208. The summed E-state index contributed by atoms with van der Waals surface area (Å²) in [5.74, 6) is 0.121. The number of amides is 1. The Kier molecular flexibility index (Phi) is 7.63. The molecule has 9 heteroatoms. The highest BCUT2D eigenvalue weighted by Gasteiger charge is 2.48. The number of hydrogen-bond donors (Lipinski definition) is 5. The molecule has 0 aliphatic carbocycles. The van der Waals surface area contributed by atoms with E-state index >= 15 is 0 Å². The van der Waals surface area contributed by atoms with E-state index in [1.807, 2.05) is 13.8 Å². The van der Waals surface area contributed by atoms with Gasteiger partial charge in [-0.15, -0.1) is 11.8 Å².